The average Bonchev–Trinajstić information content (AvgIpc) is 1.69. The van der Waals surface area contributed by atoms with Gasteiger partial charge in [0, 0.05) is 86.1 Å². The first kappa shape index (κ1) is 89.2. The fourth-order valence-electron chi connectivity index (χ4n) is 10.1. The van der Waals surface area contributed by atoms with Crippen LogP contribution in [0.1, 0.15) is 167 Å². The molecule has 0 aliphatic carbocycles. The molecule has 0 fully saturated rings. The van der Waals surface area contributed by atoms with Crippen LogP contribution in [-0.2, 0) is 30.4 Å². The Morgan fingerprint density at radius 3 is 1.10 bits per heavy atom. The molecule has 0 aliphatic heterocycles. The molecule has 0 unspecified atom stereocenters. The van der Waals surface area contributed by atoms with Crippen molar-refractivity contribution in [3.8, 4) is 22.6 Å². The summed E-state index contributed by atoms with van der Waals surface area (Å²) in [5, 5.41) is 16.9. The Morgan fingerprint density at radius 2 is 0.759 bits per heavy atom. The molecule has 588 valence electrons. The minimum atomic E-state index is -0.872. The quantitative estimate of drug-likeness (QED) is 0.0166. The molecule has 6 aromatic heterocycles. The van der Waals surface area contributed by atoms with Crippen molar-refractivity contribution in [2.45, 2.75) is 60.3 Å². The number of rotatable bonds is 24. The van der Waals surface area contributed by atoms with Crippen molar-refractivity contribution < 1.29 is 62.6 Å². The van der Waals surface area contributed by atoms with Crippen LogP contribution in [-0.4, -0.2) is 115 Å². The number of imidazole rings is 1. The van der Waals surface area contributed by atoms with E-state index in [2.05, 4.69) is 69.9 Å². The van der Waals surface area contributed by atoms with Crippen molar-refractivity contribution in [3.63, 3.8) is 0 Å². The third kappa shape index (κ3) is 29.6. The van der Waals surface area contributed by atoms with Crippen LogP contribution in [0.15, 0.2) is 255 Å². The van der Waals surface area contributed by atoms with E-state index in [4.69, 9.17) is 27.2 Å². The first-order valence-electron chi connectivity index (χ1n) is 35.0. The molecule has 14 aromatic rings. The SMILES string of the molecule is CC(=O)c1ccc(CC(=O)c2cscn2)cc1.CC(=O)c1ccc(N)cc1.Cc1cccc(-c2ncc(-c3ccc(CC(=O)c4cscn4)cc3)[nH]2)c1.Cc1cccc(C(=O)O)c1.Cc1cccc(C(=O)OCC(=O)c2ccc(CC(=O)c3cscn3)cc2)c1.O=C(CBr)c1ccc(CC(=O)c2cscn2)cc1.O=C(Cl)c1cscn1. The van der Waals surface area contributed by atoms with Crippen molar-refractivity contribution in [2.75, 3.05) is 17.7 Å². The first-order chi connectivity index (χ1) is 55.8. The highest BCUT2D eigenvalue weighted by atomic mass is 79.9. The molecule has 0 saturated carbocycles. The normalized spacial score (nSPS) is 10.2. The van der Waals surface area contributed by atoms with E-state index < -0.39 is 17.2 Å². The van der Waals surface area contributed by atoms with E-state index in [-0.39, 0.29) is 59.3 Å². The number of Topliss-reactive ketones (excluding diaryl/α,β-unsaturated/α-hetero) is 8. The van der Waals surface area contributed by atoms with Crippen LogP contribution in [0.4, 0.5) is 5.69 Å². The molecular weight excluding hydrogens is 1650 g/mol. The monoisotopic (exact) mass is 1720 g/mol. The maximum absolute atomic E-state index is 12.2. The summed E-state index contributed by atoms with van der Waals surface area (Å²) in [5.41, 5.74) is 29.5. The highest BCUT2D eigenvalue weighted by Crippen LogP contribution is 2.25. The maximum Gasteiger partial charge on any atom is 0.338 e. The fraction of sp³-hybridized carbons (Fsp3) is 0.125. The second kappa shape index (κ2) is 46.1. The number of aryl methyl sites for hydroxylation is 3. The molecule has 0 radical (unpaired) electrons. The molecule has 28 heteroatoms. The average molecular weight is 1730 g/mol. The third-order valence-corrected chi connectivity index (χ3v) is 19.9. The Hall–Kier alpha value is -12.3. The number of nitrogen functional groups attached to an aromatic ring is 1. The van der Waals surface area contributed by atoms with Gasteiger partial charge >= 0.3 is 11.9 Å². The van der Waals surface area contributed by atoms with Gasteiger partial charge in [0.05, 0.1) is 55.9 Å². The summed E-state index contributed by atoms with van der Waals surface area (Å²) in [6.07, 6.45) is 3.06. The van der Waals surface area contributed by atoms with Gasteiger partial charge in [-0.05, 0) is 129 Å². The third-order valence-electron chi connectivity index (χ3n) is 16.3. The zero-order chi connectivity index (χ0) is 83.5. The van der Waals surface area contributed by atoms with Crippen molar-refractivity contribution in [1.82, 2.24) is 34.9 Å². The van der Waals surface area contributed by atoms with E-state index in [0.717, 1.165) is 56.0 Å². The minimum absolute atomic E-state index is 0.00169. The number of aromatic carboxylic acids is 1. The number of ketones is 8. The molecule has 21 nitrogen and oxygen atoms in total. The van der Waals surface area contributed by atoms with E-state index in [1.54, 1.807) is 188 Å². The number of carbonyl (C=O) groups excluding carboxylic acids is 10. The zero-order valence-electron chi connectivity index (χ0n) is 63.0. The summed E-state index contributed by atoms with van der Waals surface area (Å²) in [5.74, 6) is -0.738. The lowest BCUT2D eigenvalue weighted by Crippen LogP contribution is -2.14. The number of nitrogens with one attached hydrogen (secondary N) is 1. The fourth-order valence-corrected chi connectivity index (χ4v) is 13.4. The Balaban J connectivity index is 0.000000176. The van der Waals surface area contributed by atoms with Gasteiger partial charge in [-0.25, -0.2) is 39.5 Å². The summed E-state index contributed by atoms with van der Waals surface area (Å²) in [6, 6.07) is 57.8. The highest BCUT2D eigenvalue weighted by Gasteiger charge is 2.17. The van der Waals surface area contributed by atoms with Gasteiger partial charge in [0.25, 0.3) is 5.24 Å². The molecule has 0 bridgehead atoms. The number of aromatic nitrogens is 7. The van der Waals surface area contributed by atoms with E-state index in [9.17, 15) is 52.7 Å². The van der Waals surface area contributed by atoms with Crippen LogP contribution >= 0.6 is 84.2 Å². The number of nitrogens with two attached hydrogens (primary N) is 1. The Kier molecular flexibility index (Phi) is 35.5. The first-order valence-corrected chi connectivity index (χ1v) is 41.3. The molecule has 0 spiro atoms. The zero-order valence-corrected chi connectivity index (χ0v) is 69.4. The number of nitrogens with zero attached hydrogens (tertiary/aromatic N) is 6. The van der Waals surface area contributed by atoms with Crippen molar-refractivity contribution >= 4 is 153 Å². The number of ether oxygens (including phenoxy) is 1. The number of hydrogen-bond acceptors (Lipinski definition) is 24. The number of aromatic amines is 1. The molecule has 116 heavy (non-hydrogen) atoms. The number of carboxylic acid groups (broad SMARTS) is 1. The molecular formula is C88H74BrClN8O13S5. The van der Waals surface area contributed by atoms with Crippen LogP contribution in [0.5, 0.6) is 0 Å². The highest BCUT2D eigenvalue weighted by molar-refractivity contribution is 9.09. The number of thiazole rings is 5. The number of carbonyl (C=O) groups is 11. The van der Waals surface area contributed by atoms with E-state index >= 15 is 0 Å². The van der Waals surface area contributed by atoms with Gasteiger partial charge in [0.1, 0.15) is 34.3 Å². The van der Waals surface area contributed by atoms with Crippen LogP contribution < -0.4 is 5.73 Å². The summed E-state index contributed by atoms with van der Waals surface area (Å²) in [4.78, 5) is 153. The van der Waals surface area contributed by atoms with Crippen LogP contribution in [0.25, 0.3) is 22.6 Å². The maximum atomic E-state index is 12.2. The molecule has 0 amide bonds. The second-order valence-electron chi connectivity index (χ2n) is 25.2. The number of esters is 1. The number of hydrogen-bond donors (Lipinski definition) is 3. The molecule has 0 aliphatic rings. The van der Waals surface area contributed by atoms with Crippen molar-refractivity contribution in [3.05, 3.63) is 356 Å². The smallest absolute Gasteiger partial charge is 0.338 e. The number of anilines is 1. The van der Waals surface area contributed by atoms with Gasteiger partial charge < -0.3 is 20.6 Å². The van der Waals surface area contributed by atoms with Crippen molar-refractivity contribution in [1.29, 1.82) is 0 Å². The van der Waals surface area contributed by atoms with Gasteiger partial charge in [-0.15, -0.1) is 56.7 Å². The summed E-state index contributed by atoms with van der Waals surface area (Å²) >= 11 is 15.2. The number of halogens is 2. The number of alkyl halides is 1. The Morgan fingerprint density at radius 1 is 0.405 bits per heavy atom. The van der Waals surface area contributed by atoms with E-state index in [1.165, 1.54) is 76.1 Å². The summed E-state index contributed by atoms with van der Waals surface area (Å²) in [6.45, 7) is 8.54. The predicted molar refractivity (Wildman–Crippen MR) is 459 cm³/mol. The molecule has 0 atom stereocenters. The van der Waals surface area contributed by atoms with Crippen LogP contribution in [0.3, 0.4) is 0 Å². The topological polar surface area (TPSA) is 336 Å². The van der Waals surface area contributed by atoms with Gasteiger partial charge in [-0.1, -0.05) is 172 Å². The van der Waals surface area contributed by atoms with Gasteiger partial charge in [-0.2, -0.15) is 0 Å². The number of H-pyrrole nitrogens is 1. The molecule has 14 rings (SSSR count). The Bertz CT molecular complexity index is 5590. The number of benzene rings is 8. The van der Waals surface area contributed by atoms with Gasteiger partial charge in [0.15, 0.2) is 52.9 Å². The van der Waals surface area contributed by atoms with Gasteiger partial charge in [-0.3, -0.25) is 43.2 Å². The van der Waals surface area contributed by atoms with Gasteiger partial charge in [0.2, 0.25) is 0 Å². The van der Waals surface area contributed by atoms with Crippen LogP contribution in [0.2, 0.25) is 0 Å². The molecule has 8 aromatic carbocycles. The van der Waals surface area contributed by atoms with E-state index in [0.29, 0.717) is 92.1 Å². The summed E-state index contributed by atoms with van der Waals surface area (Å²) in [7, 11) is 0. The van der Waals surface area contributed by atoms with Crippen molar-refractivity contribution in [2.24, 2.45) is 0 Å². The largest absolute Gasteiger partial charge is 0.478 e. The van der Waals surface area contributed by atoms with Crippen LogP contribution in [0, 0.1) is 20.8 Å². The van der Waals surface area contributed by atoms with E-state index in [1.807, 2.05) is 68.6 Å². The second-order valence-corrected chi connectivity index (χ2v) is 29.7. The number of carboxylic acids is 1. The lowest BCUT2D eigenvalue weighted by Gasteiger charge is -2.06. The summed E-state index contributed by atoms with van der Waals surface area (Å²) < 4.78 is 5.09. The molecule has 0 saturated heterocycles. The lowest BCUT2D eigenvalue weighted by atomic mass is 10.0. The molecule has 4 N–H and O–H groups in total. The lowest BCUT2D eigenvalue weighted by molar-refractivity contribution is 0.0474. The standard InChI is InChI=1S/C21H17N3OS.C21H17NO4S.C13H10BrNO2S.C13H11NO2S.C8H9NO.C8H8O2.C4H2ClNOS/c1-14-3-2-4-17(9-14)21-22-11-18(24-21)16-7-5-15(6-8-16)10-20(25)19-12-26-13-23-19;1-14-3-2-4-17(9-14)21(25)26-11-20(24)16-7-5-15(6-8-16)10-19(23)18-12-27-13-22-18;14-6-13(17)10-3-1-9(2-4-10)5-12(16)11-7-18-8-15-11;1-9(15)11-4-2-10(3-5-11)6-13(16)12-7-17-8-14-12;1-6(10)7-2-4-8(9)5-3-7;1-6-3-2-4-7(5-6)8(9)10;5-4(7)3-1-8-2-6-3/h2-9,11-13H,10H2,1H3,(H,22,24);2-9,12-13H,10-11H2,1H3;1-4,7-8H,5-6H2;2-5,7-8H,6H2,1H3;2-5H,9H2,1H3;2-5H,1H3,(H,9,10);1-2H. The minimum Gasteiger partial charge on any atom is -0.478 e. The Labute approximate surface area is 701 Å². The predicted octanol–water partition coefficient (Wildman–Crippen LogP) is 19.5. The molecule has 6 heterocycles.